The molecule has 2 aromatic carbocycles. The molecule has 1 aliphatic rings. The van der Waals surface area contributed by atoms with Crippen molar-refractivity contribution in [2.75, 3.05) is 22.1 Å². The number of hydrogen-bond acceptors (Lipinski definition) is 3. The molecule has 4 aromatic rings. The number of urea groups is 1. The van der Waals surface area contributed by atoms with Gasteiger partial charge in [-0.3, -0.25) is 0 Å². The number of carbonyl (C=O) groups excluding carboxylic acids is 1. The number of rotatable bonds is 4. The molecule has 3 N–H and O–H groups in total. The second kappa shape index (κ2) is 8.36. The summed E-state index contributed by atoms with van der Waals surface area (Å²) in [6, 6.07) is 10.4. The average Bonchev–Trinajstić information content (AvgIpc) is 3.43. The zero-order valence-electron chi connectivity index (χ0n) is 17.7. The largest absolute Gasteiger partial charge is 0.416 e. The second-order valence-electron chi connectivity index (χ2n) is 7.96. The number of aromatic nitrogens is 2. The number of aromatic amines is 1. The SMILES string of the molecule is O=C(Nc1cc(C(F)(F)F)ccc1F)Nc1cccc2c1CCN2Cc1ccnc2[nH]ccc12. The topological polar surface area (TPSA) is 73.1 Å². The van der Waals surface area contributed by atoms with Gasteiger partial charge in [0.15, 0.2) is 0 Å². The predicted octanol–water partition coefficient (Wildman–Crippen LogP) is 5.93. The maximum absolute atomic E-state index is 14.0. The van der Waals surface area contributed by atoms with Crippen molar-refractivity contribution in [3.63, 3.8) is 0 Å². The van der Waals surface area contributed by atoms with Gasteiger partial charge in [-0.15, -0.1) is 0 Å². The normalized spacial score (nSPS) is 13.2. The monoisotopic (exact) mass is 469 g/mol. The number of anilines is 3. The van der Waals surface area contributed by atoms with Crippen LogP contribution in [-0.2, 0) is 19.1 Å². The average molecular weight is 469 g/mol. The number of fused-ring (bicyclic) bond motifs is 2. The predicted molar refractivity (Wildman–Crippen MR) is 121 cm³/mol. The number of hydrogen-bond donors (Lipinski definition) is 3. The van der Waals surface area contributed by atoms with Gasteiger partial charge in [-0.05, 0) is 54.4 Å². The van der Waals surface area contributed by atoms with Gasteiger partial charge in [-0.2, -0.15) is 13.2 Å². The van der Waals surface area contributed by atoms with Crippen LogP contribution in [0.2, 0.25) is 0 Å². The molecule has 6 nitrogen and oxygen atoms in total. The highest BCUT2D eigenvalue weighted by atomic mass is 19.4. The van der Waals surface area contributed by atoms with Crippen molar-refractivity contribution < 1.29 is 22.4 Å². The van der Waals surface area contributed by atoms with Crippen LogP contribution in [0.3, 0.4) is 0 Å². The summed E-state index contributed by atoms with van der Waals surface area (Å²) in [6.07, 6.45) is -0.385. The fourth-order valence-electron chi connectivity index (χ4n) is 4.22. The Morgan fingerprint density at radius 1 is 1.09 bits per heavy atom. The van der Waals surface area contributed by atoms with Crippen LogP contribution in [0, 0.1) is 5.82 Å². The molecular formula is C24H19F4N5O. The molecule has 0 saturated carbocycles. The zero-order chi connectivity index (χ0) is 23.9. The highest BCUT2D eigenvalue weighted by Gasteiger charge is 2.31. The Balaban J connectivity index is 1.34. The van der Waals surface area contributed by atoms with Crippen LogP contribution in [0.15, 0.2) is 60.9 Å². The lowest BCUT2D eigenvalue weighted by molar-refractivity contribution is -0.137. The lowest BCUT2D eigenvalue weighted by Crippen LogP contribution is -2.21. The summed E-state index contributed by atoms with van der Waals surface area (Å²) in [7, 11) is 0. The molecule has 0 saturated heterocycles. The quantitative estimate of drug-likeness (QED) is 0.325. The summed E-state index contributed by atoms with van der Waals surface area (Å²) in [6.45, 7) is 1.38. The van der Waals surface area contributed by atoms with Crippen molar-refractivity contribution >= 4 is 34.1 Å². The minimum absolute atomic E-state index is 0.520. The van der Waals surface area contributed by atoms with Gasteiger partial charge in [-0.1, -0.05) is 6.07 Å². The fourth-order valence-corrected chi connectivity index (χ4v) is 4.22. The standard InChI is InChI=1S/C24H19F4N5O/c25-18-5-4-15(24(26,27)28)12-20(18)32-23(34)31-19-2-1-3-21-17(19)8-11-33(21)13-14-6-9-29-22-16(14)7-10-30-22/h1-7,9-10,12H,8,11,13H2,(H,29,30)(H2,31,32,34). The van der Waals surface area contributed by atoms with Gasteiger partial charge in [0.2, 0.25) is 0 Å². The fraction of sp³-hybridized carbons (Fsp3) is 0.167. The highest BCUT2D eigenvalue weighted by molar-refractivity contribution is 6.01. The molecule has 3 heterocycles. The van der Waals surface area contributed by atoms with Crippen molar-refractivity contribution in [1.82, 2.24) is 9.97 Å². The zero-order valence-corrected chi connectivity index (χ0v) is 17.7. The van der Waals surface area contributed by atoms with Gasteiger partial charge in [-0.25, -0.2) is 14.2 Å². The molecule has 2 amide bonds. The van der Waals surface area contributed by atoms with Crippen molar-refractivity contribution in [1.29, 1.82) is 0 Å². The van der Waals surface area contributed by atoms with Crippen LogP contribution in [0.5, 0.6) is 0 Å². The van der Waals surface area contributed by atoms with Crippen molar-refractivity contribution in [2.24, 2.45) is 0 Å². The van der Waals surface area contributed by atoms with Crippen LogP contribution >= 0.6 is 0 Å². The minimum atomic E-state index is -4.65. The van der Waals surface area contributed by atoms with E-state index in [1.165, 1.54) is 0 Å². The van der Waals surface area contributed by atoms with E-state index in [-0.39, 0.29) is 0 Å². The third-order valence-electron chi connectivity index (χ3n) is 5.83. The van der Waals surface area contributed by atoms with Gasteiger partial charge >= 0.3 is 12.2 Å². The Morgan fingerprint density at radius 3 is 2.74 bits per heavy atom. The van der Waals surface area contributed by atoms with E-state index < -0.39 is 29.3 Å². The van der Waals surface area contributed by atoms with Gasteiger partial charge in [0.25, 0.3) is 0 Å². The molecule has 0 unspecified atom stereocenters. The maximum atomic E-state index is 14.0. The molecule has 1 aliphatic heterocycles. The third kappa shape index (κ3) is 4.14. The summed E-state index contributed by atoms with van der Waals surface area (Å²) in [4.78, 5) is 22.1. The Labute approximate surface area is 191 Å². The van der Waals surface area contributed by atoms with Crippen molar-refractivity contribution in [2.45, 2.75) is 19.1 Å². The van der Waals surface area contributed by atoms with Crippen molar-refractivity contribution in [3.05, 3.63) is 83.4 Å². The minimum Gasteiger partial charge on any atom is -0.367 e. The van der Waals surface area contributed by atoms with Crippen LogP contribution in [0.4, 0.5) is 39.4 Å². The molecular weight excluding hydrogens is 450 g/mol. The molecule has 174 valence electrons. The summed E-state index contributed by atoms with van der Waals surface area (Å²) < 4.78 is 52.8. The van der Waals surface area contributed by atoms with E-state index in [1.807, 2.05) is 24.4 Å². The summed E-state index contributed by atoms with van der Waals surface area (Å²) in [5, 5.41) is 5.86. The lowest BCUT2D eigenvalue weighted by Gasteiger charge is -2.20. The molecule has 10 heteroatoms. The number of nitrogens with zero attached hydrogens (tertiary/aromatic N) is 2. The molecule has 0 atom stereocenters. The first-order valence-electron chi connectivity index (χ1n) is 10.5. The van der Waals surface area contributed by atoms with Gasteiger partial charge in [0.05, 0.1) is 11.3 Å². The molecule has 5 rings (SSSR count). The first-order chi connectivity index (χ1) is 16.3. The van der Waals surface area contributed by atoms with Crippen LogP contribution < -0.4 is 15.5 Å². The molecule has 0 bridgehead atoms. The number of carbonyl (C=O) groups is 1. The number of benzene rings is 2. The van der Waals surface area contributed by atoms with Crippen LogP contribution in [0.1, 0.15) is 16.7 Å². The molecule has 0 aliphatic carbocycles. The molecule has 0 radical (unpaired) electrons. The smallest absolute Gasteiger partial charge is 0.367 e. The van der Waals surface area contributed by atoms with E-state index >= 15 is 0 Å². The number of H-pyrrole nitrogens is 1. The summed E-state index contributed by atoms with van der Waals surface area (Å²) in [5.41, 5.74) is 2.69. The number of pyridine rings is 1. The van der Waals surface area contributed by atoms with E-state index in [0.29, 0.717) is 36.9 Å². The van der Waals surface area contributed by atoms with Gasteiger partial charge < -0.3 is 20.5 Å². The number of nitrogens with one attached hydrogen (secondary N) is 3. The number of amides is 2. The van der Waals surface area contributed by atoms with Crippen molar-refractivity contribution in [3.8, 4) is 0 Å². The molecule has 2 aromatic heterocycles. The Bertz CT molecular complexity index is 1380. The van der Waals surface area contributed by atoms with Gasteiger partial charge in [0.1, 0.15) is 11.5 Å². The summed E-state index contributed by atoms with van der Waals surface area (Å²) in [5.74, 6) is -0.957. The lowest BCUT2D eigenvalue weighted by atomic mass is 10.1. The van der Waals surface area contributed by atoms with Gasteiger partial charge in [0, 0.05) is 47.8 Å². The van der Waals surface area contributed by atoms with Crippen LogP contribution in [0.25, 0.3) is 11.0 Å². The molecule has 0 fully saturated rings. The Hall–Kier alpha value is -4.08. The Morgan fingerprint density at radius 2 is 1.91 bits per heavy atom. The molecule has 34 heavy (non-hydrogen) atoms. The van der Waals surface area contributed by atoms with E-state index in [2.05, 4.69) is 25.5 Å². The van der Waals surface area contributed by atoms with E-state index in [4.69, 9.17) is 0 Å². The number of alkyl halides is 3. The highest BCUT2D eigenvalue weighted by Crippen LogP contribution is 2.36. The maximum Gasteiger partial charge on any atom is 0.416 e. The summed E-state index contributed by atoms with van der Waals surface area (Å²) >= 11 is 0. The molecule has 0 spiro atoms. The Kier molecular flexibility index (Phi) is 5.35. The van der Waals surface area contributed by atoms with E-state index in [1.54, 1.807) is 18.3 Å². The van der Waals surface area contributed by atoms with E-state index in [9.17, 15) is 22.4 Å². The van der Waals surface area contributed by atoms with Crippen LogP contribution in [-0.4, -0.2) is 22.5 Å². The first kappa shape index (κ1) is 21.7. The number of halogens is 4. The first-order valence-corrected chi connectivity index (χ1v) is 10.5. The van der Waals surface area contributed by atoms with E-state index in [0.717, 1.165) is 34.4 Å². The third-order valence-corrected chi connectivity index (χ3v) is 5.83. The second-order valence-corrected chi connectivity index (χ2v) is 7.96.